The SMILES string of the molecule is N#C/C(=C/c1ccc(OCc2ccc3ccccc3c2)c(Br)c1)C(=O)NCc1ccccc1. The number of benzene rings is 4. The van der Waals surface area contributed by atoms with Crippen molar-refractivity contribution in [1.82, 2.24) is 5.32 Å². The Balaban J connectivity index is 1.41. The standard InChI is InChI=1S/C28H21BrN2O2/c29-26-16-21(14-25(17-30)28(32)31-18-20-6-2-1-3-7-20)11-13-27(26)33-19-22-10-12-23-8-4-5-9-24(23)15-22/h1-16H,18-19H2,(H,31,32)/b25-14-. The fourth-order valence-electron chi connectivity index (χ4n) is 3.40. The summed E-state index contributed by atoms with van der Waals surface area (Å²) in [6.45, 7) is 0.799. The van der Waals surface area contributed by atoms with Crippen LogP contribution < -0.4 is 10.1 Å². The average Bonchev–Trinajstić information content (AvgIpc) is 2.85. The first-order valence-corrected chi connectivity index (χ1v) is 11.3. The molecular weight excluding hydrogens is 476 g/mol. The van der Waals surface area contributed by atoms with E-state index in [9.17, 15) is 10.1 Å². The van der Waals surface area contributed by atoms with Crippen LogP contribution in [0, 0.1) is 11.3 Å². The number of carbonyl (C=O) groups is 1. The molecule has 0 saturated heterocycles. The van der Waals surface area contributed by atoms with Gasteiger partial charge in [-0.25, -0.2) is 0 Å². The summed E-state index contributed by atoms with van der Waals surface area (Å²) in [5.41, 5.74) is 2.82. The average molecular weight is 497 g/mol. The zero-order valence-corrected chi connectivity index (χ0v) is 19.4. The number of halogens is 1. The van der Waals surface area contributed by atoms with E-state index >= 15 is 0 Å². The molecule has 0 unspecified atom stereocenters. The summed E-state index contributed by atoms with van der Waals surface area (Å²) >= 11 is 3.53. The Kier molecular flexibility index (Phi) is 7.19. The number of nitrogens with one attached hydrogen (secondary N) is 1. The van der Waals surface area contributed by atoms with Gasteiger partial charge in [-0.1, -0.05) is 72.8 Å². The van der Waals surface area contributed by atoms with E-state index in [2.05, 4.69) is 51.6 Å². The lowest BCUT2D eigenvalue weighted by Gasteiger charge is -2.10. The van der Waals surface area contributed by atoms with E-state index in [0.717, 1.165) is 21.2 Å². The number of hydrogen-bond acceptors (Lipinski definition) is 3. The van der Waals surface area contributed by atoms with Crippen LogP contribution in [0.15, 0.2) is 101 Å². The highest BCUT2D eigenvalue weighted by molar-refractivity contribution is 9.10. The second-order valence-electron chi connectivity index (χ2n) is 7.50. The minimum atomic E-state index is -0.408. The van der Waals surface area contributed by atoms with E-state index in [0.29, 0.717) is 18.9 Å². The molecule has 4 rings (SSSR count). The quantitative estimate of drug-likeness (QED) is 0.237. The van der Waals surface area contributed by atoms with Gasteiger partial charge in [0.15, 0.2) is 0 Å². The van der Waals surface area contributed by atoms with Gasteiger partial charge in [-0.3, -0.25) is 4.79 Å². The maximum atomic E-state index is 12.4. The lowest BCUT2D eigenvalue weighted by atomic mass is 10.1. The Morgan fingerprint density at radius 2 is 1.67 bits per heavy atom. The summed E-state index contributed by atoms with van der Waals surface area (Å²) in [6.07, 6.45) is 1.57. The summed E-state index contributed by atoms with van der Waals surface area (Å²) in [7, 11) is 0. The Labute approximate surface area is 201 Å². The summed E-state index contributed by atoms with van der Waals surface area (Å²) in [5.74, 6) is 0.279. The predicted octanol–water partition coefficient (Wildman–Crippen LogP) is 6.40. The van der Waals surface area contributed by atoms with Gasteiger partial charge in [0.25, 0.3) is 5.91 Å². The Morgan fingerprint density at radius 3 is 2.42 bits per heavy atom. The molecule has 0 bridgehead atoms. The second-order valence-corrected chi connectivity index (χ2v) is 8.35. The van der Waals surface area contributed by atoms with Gasteiger partial charge >= 0.3 is 0 Å². The Bertz CT molecular complexity index is 1360. The van der Waals surface area contributed by atoms with Crippen LogP contribution in [0.1, 0.15) is 16.7 Å². The second kappa shape index (κ2) is 10.6. The molecule has 0 saturated carbocycles. The van der Waals surface area contributed by atoms with Crippen LogP contribution in [0.5, 0.6) is 5.75 Å². The number of fused-ring (bicyclic) bond motifs is 1. The highest BCUT2D eigenvalue weighted by Gasteiger charge is 2.10. The van der Waals surface area contributed by atoms with E-state index in [1.165, 1.54) is 10.8 Å². The predicted molar refractivity (Wildman–Crippen MR) is 134 cm³/mol. The first-order chi connectivity index (χ1) is 16.1. The molecular formula is C28H21BrN2O2. The van der Waals surface area contributed by atoms with Crippen LogP contribution in [-0.2, 0) is 17.9 Å². The van der Waals surface area contributed by atoms with Gasteiger partial charge in [0.1, 0.15) is 24.0 Å². The number of hydrogen-bond donors (Lipinski definition) is 1. The van der Waals surface area contributed by atoms with Crippen LogP contribution in [0.3, 0.4) is 0 Å². The van der Waals surface area contributed by atoms with Crippen molar-refractivity contribution in [3.8, 4) is 11.8 Å². The van der Waals surface area contributed by atoms with Gasteiger partial charge in [-0.05, 0) is 67.7 Å². The third kappa shape index (κ3) is 5.88. The maximum Gasteiger partial charge on any atom is 0.262 e. The molecule has 4 nitrogen and oxygen atoms in total. The number of ether oxygens (including phenoxy) is 1. The smallest absolute Gasteiger partial charge is 0.262 e. The Hall–Kier alpha value is -3.88. The van der Waals surface area contributed by atoms with E-state index in [1.807, 2.05) is 66.7 Å². The van der Waals surface area contributed by atoms with Crippen LogP contribution in [0.2, 0.25) is 0 Å². The van der Waals surface area contributed by atoms with Crippen LogP contribution in [-0.4, -0.2) is 5.91 Å². The molecule has 0 aliphatic rings. The highest BCUT2D eigenvalue weighted by atomic mass is 79.9. The molecule has 162 valence electrons. The first-order valence-electron chi connectivity index (χ1n) is 10.5. The number of nitriles is 1. The molecule has 33 heavy (non-hydrogen) atoms. The zero-order valence-electron chi connectivity index (χ0n) is 17.8. The van der Waals surface area contributed by atoms with Crippen molar-refractivity contribution in [3.63, 3.8) is 0 Å². The Morgan fingerprint density at radius 1 is 0.909 bits per heavy atom. The molecule has 4 aromatic rings. The van der Waals surface area contributed by atoms with E-state index in [1.54, 1.807) is 6.08 Å². The van der Waals surface area contributed by atoms with Crippen LogP contribution in [0.25, 0.3) is 16.8 Å². The van der Waals surface area contributed by atoms with Crippen molar-refractivity contribution in [2.45, 2.75) is 13.2 Å². The van der Waals surface area contributed by atoms with E-state index in [4.69, 9.17) is 4.74 Å². The molecule has 1 N–H and O–H groups in total. The molecule has 0 radical (unpaired) electrons. The number of rotatable bonds is 7. The molecule has 0 aliphatic carbocycles. The summed E-state index contributed by atoms with van der Waals surface area (Å²) < 4.78 is 6.73. The van der Waals surface area contributed by atoms with Gasteiger partial charge in [0.05, 0.1) is 4.47 Å². The van der Waals surface area contributed by atoms with Crippen LogP contribution >= 0.6 is 15.9 Å². The normalized spacial score (nSPS) is 11.1. The van der Waals surface area contributed by atoms with Crippen molar-refractivity contribution in [3.05, 3.63) is 118 Å². The fraction of sp³-hybridized carbons (Fsp3) is 0.0714. The van der Waals surface area contributed by atoms with Gasteiger partial charge in [-0.15, -0.1) is 0 Å². The van der Waals surface area contributed by atoms with Crippen molar-refractivity contribution in [2.75, 3.05) is 0 Å². The molecule has 4 aromatic carbocycles. The molecule has 0 spiro atoms. The fourth-order valence-corrected chi connectivity index (χ4v) is 3.91. The molecule has 1 amide bonds. The highest BCUT2D eigenvalue weighted by Crippen LogP contribution is 2.28. The van der Waals surface area contributed by atoms with Crippen molar-refractivity contribution < 1.29 is 9.53 Å². The van der Waals surface area contributed by atoms with Crippen molar-refractivity contribution >= 4 is 38.7 Å². The first kappa shape index (κ1) is 22.3. The minimum absolute atomic E-state index is 0.0441. The number of nitrogens with zero attached hydrogens (tertiary/aromatic N) is 1. The largest absolute Gasteiger partial charge is 0.488 e. The lowest BCUT2D eigenvalue weighted by molar-refractivity contribution is -0.117. The summed E-state index contributed by atoms with van der Waals surface area (Å²) in [5, 5.41) is 14.6. The monoisotopic (exact) mass is 496 g/mol. The van der Waals surface area contributed by atoms with Crippen LogP contribution in [0.4, 0.5) is 0 Å². The summed E-state index contributed by atoms with van der Waals surface area (Å²) in [6, 6.07) is 31.5. The molecule has 0 atom stereocenters. The van der Waals surface area contributed by atoms with E-state index in [-0.39, 0.29) is 5.57 Å². The maximum absolute atomic E-state index is 12.4. The van der Waals surface area contributed by atoms with Crippen molar-refractivity contribution in [2.24, 2.45) is 0 Å². The molecule has 0 aromatic heterocycles. The topological polar surface area (TPSA) is 62.1 Å². The zero-order chi connectivity index (χ0) is 23.0. The number of amides is 1. The number of carbonyl (C=O) groups excluding carboxylic acids is 1. The van der Waals surface area contributed by atoms with Gasteiger partial charge in [0, 0.05) is 6.54 Å². The van der Waals surface area contributed by atoms with Gasteiger partial charge < -0.3 is 10.1 Å². The molecule has 0 aliphatic heterocycles. The molecule has 5 heteroatoms. The minimum Gasteiger partial charge on any atom is -0.488 e. The third-order valence-corrected chi connectivity index (χ3v) is 5.76. The van der Waals surface area contributed by atoms with E-state index < -0.39 is 5.91 Å². The van der Waals surface area contributed by atoms with Gasteiger partial charge in [0.2, 0.25) is 0 Å². The van der Waals surface area contributed by atoms with Crippen molar-refractivity contribution in [1.29, 1.82) is 5.26 Å². The molecule has 0 fully saturated rings. The van der Waals surface area contributed by atoms with Gasteiger partial charge in [-0.2, -0.15) is 5.26 Å². The third-order valence-electron chi connectivity index (χ3n) is 5.14. The molecule has 0 heterocycles. The summed E-state index contributed by atoms with van der Waals surface area (Å²) in [4.78, 5) is 12.4. The lowest BCUT2D eigenvalue weighted by Crippen LogP contribution is -2.23.